The maximum absolute atomic E-state index is 11.4. The van der Waals surface area contributed by atoms with Crippen LogP contribution >= 0.6 is 0 Å². The summed E-state index contributed by atoms with van der Waals surface area (Å²) >= 11 is 0. The first kappa shape index (κ1) is 18.4. The van der Waals surface area contributed by atoms with E-state index in [1.807, 2.05) is 20.8 Å². The van der Waals surface area contributed by atoms with Gasteiger partial charge in [-0.2, -0.15) is 0 Å². The van der Waals surface area contributed by atoms with Crippen molar-refractivity contribution in [1.82, 2.24) is 0 Å². The molecule has 0 aliphatic carbocycles. The number of carbonyl (C=O) groups excluding carboxylic acids is 3. The Morgan fingerprint density at radius 3 is 1.82 bits per heavy atom. The van der Waals surface area contributed by atoms with Gasteiger partial charge < -0.3 is 18.9 Å². The lowest BCUT2D eigenvalue weighted by molar-refractivity contribution is -0.309. The predicted molar refractivity (Wildman–Crippen MR) is 75.6 cm³/mol. The number of esters is 3. The van der Waals surface area contributed by atoms with Gasteiger partial charge >= 0.3 is 17.9 Å². The van der Waals surface area contributed by atoms with Gasteiger partial charge in [0.15, 0.2) is 6.10 Å². The number of ether oxygens (including phenoxy) is 4. The standard InChI is InChI=1S/C15H24O7/c1-7-15(6)8(2)12(19-9(3)16)13(20-10(4)17)14(22-15)21-11(5)18/h8,12-14H,7H2,1-6H3/t8-,12-,13-,14?,15+/m0/s1. The zero-order valence-corrected chi connectivity index (χ0v) is 13.9. The molecule has 0 spiro atoms. The highest BCUT2D eigenvalue weighted by Crippen LogP contribution is 2.39. The molecule has 7 nitrogen and oxygen atoms in total. The van der Waals surface area contributed by atoms with Gasteiger partial charge in [-0.25, -0.2) is 0 Å². The van der Waals surface area contributed by atoms with Crippen molar-refractivity contribution >= 4 is 17.9 Å². The van der Waals surface area contributed by atoms with Crippen molar-refractivity contribution in [2.45, 2.75) is 72.1 Å². The van der Waals surface area contributed by atoms with Crippen molar-refractivity contribution in [2.75, 3.05) is 0 Å². The van der Waals surface area contributed by atoms with Crippen LogP contribution in [0, 0.1) is 5.92 Å². The van der Waals surface area contributed by atoms with Crippen LogP contribution in [-0.2, 0) is 33.3 Å². The Balaban J connectivity index is 3.18. The number of hydrogen-bond acceptors (Lipinski definition) is 7. The first-order valence-electron chi connectivity index (χ1n) is 7.30. The zero-order valence-electron chi connectivity index (χ0n) is 13.9. The minimum absolute atomic E-state index is 0.252. The molecule has 5 atom stereocenters. The van der Waals surface area contributed by atoms with E-state index < -0.39 is 42.0 Å². The molecular formula is C15H24O7. The fourth-order valence-corrected chi connectivity index (χ4v) is 2.56. The second-order valence-electron chi connectivity index (χ2n) is 5.70. The largest absolute Gasteiger partial charge is 0.458 e. The van der Waals surface area contributed by atoms with Gasteiger partial charge in [0.05, 0.1) is 5.60 Å². The van der Waals surface area contributed by atoms with E-state index in [4.69, 9.17) is 18.9 Å². The molecule has 22 heavy (non-hydrogen) atoms. The third-order valence-electron chi connectivity index (χ3n) is 4.02. The van der Waals surface area contributed by atoms with E-state index in [0.29, 0.717) is 6.42 Å². The predicted octanol–water partition coefficient (Wildman–Crippen LogP) is 1.57. The summed E-state index contributed by atoms with van der Waals surface area (Å²) in [6.45, 7) is 9.34. The van der Waals surface area contributed by atoms with E-state index in [1.165, 1.54) is 20.8 Å². The second kappa shape index (κ2) is 7.09. The van der Waals surface area contributed by atoms with Crippen LogP contribution in [0.4, 0.5) is 0 Å². The Bertz CT molecular complexity index is 447. The van der Waals surface area contributed by atoms with Gasteiger partial charge in [-0.05, 0) is 13.3 Å². The molecule has 1 rings (SSSR count). The number of carbonyl (C=O) groups is 3. The molecule has 0 aromatic rings. The lowest BCUT2D eigenvalue weighted by atomic mass is 9.79. The highest BCUT2D eigenvalue weighted by Gasteiger charge is 2.54. The summed E-state index contributed by atoms with van der Waals surface area (Å²) in [5.41, 5.74) is -0.684. The molecule has 1 unspecified atom stereocenters. The normalized spacial score (nSPS) is 34.6. The molecule has 1 aliphatic heterocycles. The lowest BCUT2D eigenvalue weighted by Crippen LogP contribution is -2.61. The van der Waals surface area contributed by atoms with Crippen molar-refractivity contribution in [1.29, 1.82) is 0 Å². The zero-order chi connectivity index (χ0) is 17.1. The average Bonchev–Trinajstić information content (AvgIpc) is 2.38. The summed E-state index contributed by atoms with van der Waals surface area (Å²) in [6, 6.07) is 0. The van der Waals surface area contributed by atoms with Gasteiger partial charge in [-0.1, -0.05) is 13.8 Å². The first-order chi connectivity index (χ1) is 10.1. The van der Waals surface area contributed by atoms with E-state index in [1.54, 1.807) is 0 Å². The van der Waals surface area contributed by atoms with Crippen LogP contribution < -0.4 is 0 Å². The molecule has 1 heterocycles. The van der Waals surface area contributed by atoms with Crippen LogP contribution in [0.3, 0.4) is 0 Å². The molecule has 0 aromatic heterocycles. The third-order valence-corrected chi connectivity index (χ3v) is 4.02. The molecule has 1 fully saturated rings. The summed E-state index contributed by atoms with van der Waals surface area (Å²) in [6.07, 6.45) is -2.27. The summed E-state index contributed by atoms with van der Waals surface area (Å²) in [7, 11) is 0. The fourth-order valence-electron chi connectivity index (χ4n) is 2.56. The molecule has 0 amide bonds. The molecule has 0 saturated carbocycles. The van der Waals surface area contributed by atoms with Crippen molar-refractivity contribution in [3.05, 3.63) is 0 Å². The van der Waals surface area contributed by atoms with Gasteiger partial charge in [0.25, 0.3) is 0 Å². The van der Waals surface area contributed by atoms with Crippen LogP contribution in [0.2, 0.25) is 0 Å². The van der Waals surface area contributed by atoms with E-state index >= 15 is 0 Å². The van der Waals surface area contributed by atoms with Crippen LogP contribution in [0.15, 0.2) is 0 Å². The summed E-state index contributed by atoms with van der Waals surface area (Å²) < 4.78 is 21.5. The minimum atomic E-state index is -1.12. The molecule has 1 aliphatic rings. The van der Waals surface area contributed by atoms with E-state index in [9.17, 15) is 14.4 Å². The average molecular weight is 316 g/mol. The molecule has 7 heteroatoms. The van der Waals surface area contributed by atoms with Gasteiger partial charge in [0.2, 0.25) is 12.4 Å². The maximum atomic E-state index is 11.4. The molecule has 0 aromatic carbocycles. The first-order valence-corrected chi connectivity index (χ1v) is 7.30. The Hall–Kier alpha value is -1.63. The SMILES string of the molecule is CC[C@@]1(C)OC(OC(C)=O)[C@@H](OC(C)=O)[C@@H](OC(C)=O)[C@@H]1C. The Morgan fingerprint density at radius 1 is 0.955 bits per heavy atom. The highest BCUT2D eigenvalue weighted by atomic mass is 16.7. The topological polar surface area (TPSA) is 88.1 Å². The number of rotatable bonds is 4. The molecule has 0 bridgehead atoms. The van der Waals surface area contributed by atoms with Gasteiger partial charge in [-0.3, -0.25) is 14.4 Å². The van der Waals surface area contributed by atoms with Gasteiger partial charge in [0, 0.05) is 26.7 Å². The fraction of sp³-hybridized carbons (Fsp3) is 0.800. The van der Waals surface area contributed by atoms with Crippen molar-refractivity contribution in [3.8, 4) is 0 Å². The molecule has 0 N–H and O–H groups in total. The van der Waals surface area contributed by atoms with Gasteiger partial charge in [-0.15, -0.1) is 0 Å². The van der Waals surface area contributed by atoms with E-state index in [-0.39, 0.29) is 5.92 Å². The molecule has 1 saturated heterocycles. The van der Waals surface area contributed by atoms with Crippen molar-refractivity contribution in [2.24, 2.45) is 5.92 Å². The monoisotopic (exact) mass is 316 g/mol. The van der Waals surface area contributed by atoms with E-state index in [2.05, 4.69) is 0 Å². The van der Waals surface area contributed by atoms with E-state index in [0.717, 1.165) is 0 Å². The Morgan fingerprint density at radius 2 is 1.41 bits per heavy atom. The molecular weight excluding hydrogens is 292 g/mol. The van der Waals surface area contributed by atoms with Crippen molar-refractivity contribution < 1.29 is 33.3 Å². The van der Waals surface area contributed by atoms with Crippen LogP contribution in [-0.4, -0.2) is 42.0 Å². The quantitative estimate of drug-likeness (QED) is 0.574. The number of hydrogen-bond donors (Lipinski definition) is 0. The summed E-state index contributed by atoms with van der Waals surface area (Å²) in [5, 5.41) is 0. The second-order valence-corrected chi connectivity index (χ2v) is 5.70. The Labute approximate surface area is 130 Å². The van der Waals surface area contributed by atoms with Gasteiger partial charge in [0.1, 0.15) is 0 Å². The lowest BCUT2D eigenvalue weighted by Gasteiger charge is -2.49. The molecule has 126 valence electrons. The smallest absolute Gasteiger partial charge is 0.305 e. The van der Waals surface area contributed by atoms with Crippen molar-refractivity contribution in [3.63, 3.8) is 0 Å². The molecule has 0 radical (unpaired) electrons. The van der Waals surface area contributed by atoms with Crippen LogP contribution in [0.5, 0.6) is 0 Å². The summed E-state index contributed by atoms with van der Waals surface area (Å²) in [5.74, 6) is -1.90. The van der Waals surface area contributed by atoms with Crippen LogP contribution in [0.25, 0.3) is 0 Å². The third kappa shape index (κ3) is 4.19. The van der Waals surface area contributed by atoms with Crippen LogP contribution in [0.1, 0.15) is 48.0 Å². The maximum Gasteiger partial charge on any atom is 0.305 e. The summed E-state index contributed by atoms with van der Waals surface area (Å²) in [4.78, 5) is 34.1. The highest BCUT2D eigenvalue weighted by molar-refractivity contribution is 5.68. The minimum Gasteiger partial charge on any atom is -0.458 e. The Kier molecular flexibility index (Phi) is 5.93.